The van der Waals surface area contributed by atoms with Crippen molar-refractivity contribution in [2.75, 3.05) is 7.11 Å². The number of hydrogen-bond donors (Lipinski definition) is 1. The molecule has 0 spiro atoms. The summed E-state index contributed by atoms with van der Waals surface area (Å²) in [5.74, 6) is 0.858. The minimum absolute atomic E-state index is 0.436. The van der Waals surface area contributed by atoms with Crippen molar-refractivity contribution in [3.05, 3.63) is 63.6 Å². The third kappa shape index (κ3) is 3.84. The van der Waals surface area contributed by atoms with Crippen molar-refractivity contribution in [2.45, 2.75) is 25.9 Å². The first-order chi connectivity index (χ1) is 9.60. The fourth-order valence-electron chi connectivity index (χ4n) is 2.22. The highest BCUT2D eigenvalue weighted by atomic mass is 79.9. The van der Waals surface area contributed by atoms with Crippen molar-refractivity contribution in [3.8, 4) is 5.75 Å². The summed E-state index contributed by atoms with van der Waals surface area (Å²) in [6.45, 7) is 2.03. The van der Waals surface area contributed by atoms with Crippen LogP contribution < -0.4 is 4.74 Å². The van der Waals surface area contributed by atoms with E-state index in [9.17, 15) is 5.11 Å². The van der Waals surface area contributed by atoms with Gasteiger partial charge in [-0.2, -0.15) is 0 Å². The Bertz CT molecular complexity index is 564. The maximum atomic E-state index is 10.3. The maximum absolute atomic E-state index is 10.3. The van der Waals surface area contributed by atoms with Gasteiger partial charge >= 0.3 is 0 Å². The Balaban J connectivity index is 2.00. The summed E-state index contributed by atoms with van der Waals surface area (Å²) in [6, 6.07) is 14.0. The third-order valence-corrected chi connectivity index (χ3v) is 3.96. The summed E-state index contributed by atoms with van der Waals surface area (Å²) < 4.78 is 6.14. The zero-order valence-corrected chi connectivity index (χ0v) is 13.4. The lowest BCUT2D eigenvalue weighted by Crippen LogP contribution is -2.02. The average Bonchev–Trinajstić information content (AvgIpc) is 2.47. The fraction of sp³-hybridized carbons (Fsp3) is 0.294. The SMILES string of the molecule is COc1ccc(CCC(O)c2cc(Br)ccc2C)cc1. The van der Waals surface area contributed by atoms with Crippen LogP contribution in [0.25, 0.3) is 0 Å². The summed E-state index contributed by atoms with van der Waals surface area (Å²) in [6.07, 6.45) is 1.12. The van der Waals surface area contributed by atoms with E-state index >= 15 is 0 Å². The highest BCUT2D eigenvalue weighted by Gasteiger charge is 2.11. The number of benzene rings is 2. The normalized spacial score (nSPS) is 12.2. The summed E-state index contributed by atoms with van der Waals surface area (Å²) >= 11 is 3.45. The van der Waals surface area contributed by atoms with Crippen LogP contribution in [0.1, 0.15) is 29.2 Å². The van der Waals surface area contributed by atoms with Crippen LogP contribution >= 0.6 is 15.9 Å². The Morgan fingerprint density at radius 2 is 1.85 bits per heavy atom. The maximum Gasteiger partial charge on any atom is 0.118 e. The molecule has 2 rings (SSSR count). The van der Waals surface area contributed by atoms with E-state index in [1.54, 1.807) is 7.11 Å². The second-order valence-electron chi connectivity index (χ2n) is 4.90. The molecule has 20 heavy (non-hydrogen) atoms. The number of hydrogen-bond acceptors (Lipinski definition) is 2. The molecule has 0 aliphatic heterocycles. The quantitative estimate of drug-likeness (QED) is 0.876. The minimum atomic E-state index is -0.436. The van der Waals surface area contributed by atoms with Gasteiger partial charge < -0.3 is 9.84 Å². The van der Waals surface area contributed by atoms with Gasteiger partial charge in [0.15, 0.2) is 0 Å². The van der Waals surface area contributed by atoms with E-state index < -0.39 is 6.10 Å². The molecule has 2 aromatic carbocycles. The van der Waals surface area contributed by atoms with Crippen molar-refractivity contribution in [2.24, 2.45) is 0 Å². The first kappa shape index (κ1) is 15.1. The van der Waals surface area contributed by atoms with Crippen LogP contribution in [-0.4, -0.2) is 12.2 Å². The molecule has 0 radical (unpaired) electrons. The second kappa shape index (κ2) is 6.91. The number of halogens is 1. The Morgan fingerprint density at radius 1 is 1.15 bits per heavy atom. The van der Waals surface area contributed by atoms with E-state index in [2.05, 4.69) is 15.9 Å². The van der Waals surface area contributed by atoms with Gasteiger partial charge in [-0.15, -0.1) is 0 Å². The van der Waals surface area contributed by atoms with E-state index in [0.717, 1.165) is 27.8 Å². The lowest BCUT2D eigenvalue weighted by atomic mass is 9.98. The predicted octanol–water partition coefficient (Wildman–Crippen LogP) is 4.43. The highest BCUT2D eigenvalue weighted by Crippen LogP contribution is 2.26. The van der Waals surface area contributed by atoms with E-state index in [4.69, 9.17) is 4.74 Å². The van der Waals surface area contributed by atoms with Gasteiger partial charge in [-0.05, 0) is 60.7 Å². The molecule has 106 valence electrons. The van der Waals surface area contributed by atoms with Gasteiger partial charge in [-0.25, -0.2) is 0 Å². The van der Waals surface area contributed by atoms with Gasteiger partial charge in [0.2, 0.25) is 0 Å². The number of rotatable bonds is 5. The molecule has 0 saturated heterocycles. The van der Waals surface area contributed by atoms with Crippen LogP contribution in [0.3, 0.4) is 0 Å². The smallest absolute Gasteiger partial charge is 0.118 e. The molecule has 3 heteroatoms. The molecule has 0 saturated carbocycles. The molecule has 0 aromatic heterocycles. The van der Waals surface area contributed by atoms with Crippen LogP contribution in [-0.2, 0) is 6.42 Å². The van der Waals surface area contributed by atoms with Crippen molar-refractivity contribution in [1.82, 2.24) is 0 Å². The molecule has 0 bridgehead atoms. The molecule has 2 aromatic rings. The molecule has 0 aliphatic carbocycles. The highest BCUT2D eigenvalue weighted by molar-refractivity contribution is 9.10. The van der Waals surface area contributed by atoms with Gasteiger partial charge in [0.05, 0.1) is 13.2 Å². The zero-order chi connectivity index (χ0) is 14.5. The van der Waals surface area contributed by atoms with Gasteiger partial charge in [-0.3, -0.25) is 0 Å². The topological polar surface area (TPSA) is 29.5 Å². The largest absolute Gasteiger partial charge is 0.497 e. The molecule has 1 atom stereocenters. The van der Waals surface area contributed by atoms with Crippen LogP contribution in [0.5, 0.6) is 5.75 Å². The minimum Gasteiger partial charge on any atom is -0.497 e. The lowest BCUT2D eigenvalue weighted by Gasteiger charge is -2.14. The standard InChI is InChI=1S/C17H19BrO2/c1-12-3-7-14(18)11-16(12)17(19)10-6-13-4-8-15(20-2)9-5-13/h3-5,7-9,11,17,19H,6,10H2,1-2H3. The Labute approximate surface area is 128 Å². The summed E-state index contributed by atoms with van der Waals surface area (Å²) in [4.78, 5) is 0. The summed E-state index contributed by atoms with van der Waals surface area (Å²) in [5, 5.41) is 10.3. The zero-order valence-electron chi connectivity index (χ0n) is 11.8. The molecule has 0 amide bonds. The molecule has 1 unspecified atom stereocenters. The van der Waals surface area contributed by atoms with E-state index in [1.165, 1.54) is 5.56 Å². The molecular formula is C17H19BrO2. The number of aryl methyl sites for hydroxylation is 2. The van der Waals surface area contributed by atoms with E-state index in [-0.39, 0.29) is 0 Å². The monoisotopic (exact) mass is 334 g/mol. The Hall–Kier alpha value is -1.32. The van der Waals surface area contributed by atoms with Crippen LogP contribution in [0, 0.1) is 6.92 Å². The van der Waals surface area contributed by atoms with Crippen molar-refractivity contribution < 1.29 is 9.84 Å². The molecule has 0 aliphatic rings. The lowest BCUT2D eigenvalue weighted by molar-refractivity contribution is 0.167. The average molecular weight is 335 g/mol. The van der Waals surface area contributed by atoms with Gasteiger partial charge in [0.25, 0.3) is 0 Å². The number of aliphatic hydroxyl groups is 1. The van der Waals surface area contributed by atoms with Gasteiger partial charge in [0, 0.05) is 4.47 Å². The first-order valence-electron chi connectivity index (χ1n) is 6.67. The number of aliphatic hydroxyl groups excluding tert-OH is 1. The molecule has 2 nitrogen and oxygen atoms in total. The fourth-order valence-corrected chi connectivity index (χ4v) is 2.60. The molecule has 0 heterocycles. The van der Waals surface area contributed by atoms with Crippen LogP contribution in [0.15, 0.2) is 46.9 Å². The first-order valence-corrected chi connectivity index (χ1v) is 7.46. The van der Waals surface area contributed by atoms with Crippen molar-refractivity contribution in [1.29, 1.82) is 0 Å². The van der Waals surface area contributed by atoms with Gasteiger partial charge in [0.1, 0.15) is 5.75 Å². The van der Waals surface area contributed by atoms with Crippen LogP contribution in [0.4, 0.5) is 0 Å². The number of ether oxygens (including phenoxy) is 1. The third-order valence-electron chi connectivity index (χ3n) is 3.47. The second-order valence-corrected chi connectivity index (χ2v) is 5.82. The predicted molar refractivity (Wildman–Crippen MR) is 85.2 cm³/mol. The van der Waals surface area contributed by atoms with Crippen LogP contribution in [0.2, 0.25) is 0 Å². The Morgan fingerprint density at radius 3 is 2.50 bits per heavy atom. The number of methoxy groups -OCH3 is 1. The Kier molecular flexibility index (Phi) is 5.21. The summed E-state index contributed by atoms with van der Waals surface area (Å²) in [5.41, 5.74) is 3.32. The molecular weight excluding hydrogens is 316 g/mol. The van der Waals surface area contributed by atoms with Gasteiger partial charge in [-0.1, -0.05) is 34.1 Å². The van der Waals surface area contributed by atoms with E-state index in [0.29, 0.717) is 6.42 Å². The molecule has 0 fully saturated rings. The molecule has 1 N–H and O–H groups in total. The van der Waals surface area contributed by atoms with E-state index in [1.807, 2.05) is 49.4 Å². The summed E-state index contributed by atoms with van der Waals surface area (Å²) in [7, 11) is 1.66. The van der Waals surface area contributed by atoms with Crippen molar-refractivity contribution >= 4 is 15.9 Å². The van der Waals surface area contributed by atoms with Crippen molar-refractivity contribution in [3.63, 3.8) is 0 Å².